The second-order valence-corrected chi connectivity index (χ2v) is 7.43. The molecule has 0 radical (unpaired) electrons. The standard InChI is InChI=1S/C20H19N5OS/c1-14-6-8-27-18(14)12-25(11-16-5-3-4-7-21-16)20(26)15-9-17-19(22-10-15)24(2)13-23-17/h3-10,13H,11-12H2,1-2H3. The van der Waals surface area contributed by atoms with Crippen molar-refractivity contribution in [1.29, 1.82) is 0 Å². The number of hydrogen-bond acceptors (Lipinski definition) is 5. The van der Waals surface area contributed by atoms with Gasteiger partial charge >= 0.3 is 0 Å². The summed E-state index contributed by atoms with van der Waals surface area (Å²) in [7, 11) is 1.89. The molecule has 4 rings (SSSR count). The third-order valence-corrected chi connectivity index (χ3v) is 5.47. The first-order valence-electron chi connectivity index (χ1n) is 8.61. The summed E-state index contributed by atoms with van der Waals surface area (Å²) in [5.41, 5.74) is 4.06. The Labute approximate surface area is 161 Å². The van der Waals surface area contributed by atoms with Gasteiger partial charge in [0.2, 0.25) is 0 Å². The molecule has 6 nitrogen and oxygen atoms in total. The van der Waals surface area contributed by atoms with E-state index in [0.717, 1.165) is 11.3 Å². The lowest BCUT2D eigenvalue weighted by Crippen LogP contribution is -2.30. The molecule has 0 saturated heterocycles. The van der Waals surface area contributed by atoms with E-state index < -0.39 is 0 Å². The molecule has 0 atom stereocenters. The van der Waals surface area contributed by atoms with Crippen LogP contribution >= 0.6 is 11.3 Å². The summed E-state index contributed by atoms with van der Waals surface area (Å²) in [6, 6.07) is 9.62. The zero-order chi connectivity index (χ0) is 18.8. The van der Waals surface area contributed by atoms with Crippen molar-refractivity contribution < 1.29 is 4.79 Å². The van der Waals surface area contributed by atoms with Gasteiger partial charge in [0, 0.05) is 24.3 Å². The summed E-state index contributed by atoms with van der Waals surface area (Å²) in [5, 5.41) is 2.05. The maximum atomic E-state index is 13.3. The predicted molar refractivity (Wildman–Crippen MR) is 105 cm³/mol. The number of imidazole rings is 1. The van der Waals surface area contributed by atoms with Crippen LogP contribution in [-0.2, 0) is 20.1 Å². The minimum atomic E-state index is -0.0755. The number of nitrogens with zero attached hydrogens (tertiary/aromatic N) is 5. The topological polar surface area (TPSA) is 63.9 Å². The molecule has 4 aromatic heterocycles. The Hall–Kier alpha value is -3.06. The highest BCUT2D eigenvalue weighted by atomic mass is 32.1. The van der Waals surface area contributed by atoms with Crippen molar-refractivity contribution >= 4 is 28.4 Å². The van der Waals surface area contributed by atoms with Crippen LogP contribution < -0.4 is 0 Å². The Morgan fingerprint density at radius 1 is 1.19 bits per heavy atom. The van der Waals surface area contributed by atoms with Gasteiger partial charge in [-0.05, 0) is 42.1 Å². The van der Waals surface area contributed by atoms with Gasteiger partial charge in [-0.1, -0.05) is 6.07 Å². The smallest absolute Gasteiger partial charge is 0.256 e. The van der Waals surface area contributed by atoms with Gasteiger partial charge in [0.05, 0.1) is 30.7 Å². The lowest BCUT2D eigenvalue weighted by molar-refractivity contribution is 0.0729. The number of amides is 1. The van der Waals surface area contributed by atoms with Crippen molar-refractivity contribution in [3.63, 3.8) is 0 Å². The number of carbonyl (C=O) groups excluding carboxylic acids is 1. The first-order chi connectivity index (χ1) is 13.1. The molecule has 136 valence electrons. The zero-order valence-corrected chi connectivity index (χ0v) is 16.0. The summed E-state index contributed by atoms with van der Waals surface area (Å²) in [5.74, 6) is -0.0755. The quantitative estimate of drug-likeness (QED) is 0.533. The fourth-order valence-electron chi connectivity index (χ4n) is 2.94. The zero-order valence-electron chi connectivity index (χ0n) is 15.2. The van der Waals surface area contributed by atoms with E-state index in [4.69, 9.17) is 0 Å². The molecule has 0 aliphatic heterocycles. The number of fused-ring (bicyclic) bond motifs is 1. The van der Waals surface area contributed by atoms with Crippen LogP contribution in [0.15, 0.2) is 54.4 Å². The molecule has 0 saturated carbocycles. The average molecular weight is 377 g/mol. The van der Waals surface area contributed by atoms with E-state index in [9.17, 15) is 4.79 Å². The summed E-state index contributed by atoms with van der Waals surface area (Å²) in [6.45, 7) is 3.05. The Morgan fingerprint density at radius 2 is 2.07 bits per heavy atom. The minimum Gasteiger partial charge on any atom is -0.328 e. The Balaban J connectivity index is 1.66. The van der Waals surface area contributed by atoms with E-state index in [1.165, 1.54) is 10.4 Å². The van der Waals surface area contributed by atoms with Gasteiger partial charge in [0.25, 0.3) is 5.91 Å². The van der Waals surface area contributed by atoms with Crippen LogP contribution in [0.25, 0.3) is 11.2 Å². The lowest BCUT2D eigenvalue weighted by atomic mass is 10.2. The summed E-state index contributed by atoms with van der Waals surface area (Å²) in [4.78, 5) is 29.3. The monoisotopic (exact) mass is 377 g/mol. The van der Waals surface area contributed by atoms with Crippen molar-refractivity contribution in [3.05, 3.63) is 76.1 Å². The molecule has 0 aliphatic rings. The molecular formula is C20H19N5OS. The number of carbonyl (C=O) groups is 1. The molecule has 0 N–H and O–H groups in total. The van der Waals surface area contributed by atoms with Crippen molar-refractivity contribution in [2.24, 2.45) is 7.05 Å². The Kier molecular flexibility index (Phi) is 4.68. The molecule has 0 bridgehead atoms. The maximum absolute atomic E-state index is 13.3. The van der Waals surface area contributed by atoms with E-state index in [0.29, 0.717) is 24.2 Å². The van der Waals surface area contributed by atoms with Crippen LogP contribution in [0.2, 0.25) is 0 Å². The number of thiophene rings is 1. The lowest BCUT2D eigenvalue weighted by Gasteiger charge is -2.22. The first-order valence-corrected chi connectivity index (χ1v) is 9.49. The van der Waals surface area contributed by atoms with E-state index in [2.05, 4.69) is 33.3 Å². The Morgan fingerprint density at radius 3 is 2.81 bits per heavy atom. The molecule has 4 heterocycles. The van der Waals surface area contributed by atoms with E-state index >= 15 is 0 Å². The first kappa shape index (κ1) is 17.4. The molecule has 7 heteroatoms. The van der Waals surface area contributed by atoms with Crippen LogP contribution in [0.1, 0.15) is 26.5 Å². The molecule has 1 amide bonds. The van der Waals surface area contributed by atoms with Crippen LogP contribution in [0.5, 0.6) is 0 Å². The SMILES string of the molecule is Cc1ccsc1CN(Cc1ccccn1)C(=O)c1cnc2c(c1)ncn2C. The highest BCUT2D eigenvalue weighted by Crippen LogP contribution is 2.21. The molecule has 0 aromatic carbocycles. The number of aromatic nitrogens is 4. The second-order valence-electron chi connectivity index (χ2n) is 6.43. The third-order valence-electron chi connectivity index (χ3n) is 4.47. The number of rotatable bonds is 5. The van der Waals surface area contributed by atoms with Crippen LogP contribution in [0.4, 0.5) is 0 Å². The van der Waals surface area contributed by atoms with Crippen molar-refractivity contribution in [3.8, 4) is 0 Å². The van der Waals surface area contributed by atoms with Gasteiger partial charge < -0.3 is 9.47 Å². The highest BCUT2D eigenvalue weighted by molar-refractivity contribution is 7.10. The van der Waals surface area contributed by atoms with Gasteiger partial charge in [-0.3, -0.25) is 9.78 Å². The summed E-state index contributed by atoms with van der Waals surface area (Å²) in [6.07, 6.45) is 5.07. The number of aryl methyl sites for hydroxylation is 2. The highest BCUT2D eigenvalue weighted by Gasteiger charge is 2.20. The maximum Gasteiger partial charge on any atom is 0.256 e. The fraction of sp³-hybridized carbons (Fsp3) is 0.200. The third kappa shape index (κ3) is 3.59. The van der Waals surface area contributed by atoms with Crippen molar-refractivity contribution in [2.75, 3.05) is 0 Å². The molecule has 0 spiro atoms. The van der Waals surface area contributed by atoms with E-state index in [1.807, 2.05) is 34.7 Å². The number of hydrogen-bond donors (Lipinski definition) is 0. The van der Waals surface area contributed by atoms with Gasteiger partial charge in [0.15, 0.2) is 5.65 Å². The second kappa shape index (κ2) is 7.28. The van der Waals surface area contributed by atoms with Gasteiger partial charge in [-0.15, -0.1) is 11.3 Å². The molecule has 27 heavy (non-hydrogen) atoms. The molecule has 0 unspecified atom stereocenters. The van der Waals surface area contributed by atoms with Gasteiger partial charge in [0.1, 0.15) is 5.52 Å². The van der Waals surface area contributed by atoms with Gasteiger partial charge in [-0.25, -0.2) is 9.97 Å². The molecule has 4 aromatic rings. The van der Waals surface area contributed by atoms with Crippen LogP contribution in [0, 0.1) is 6.92 Å². The van der Waals surface area contributed by atoms with Gasteiger partial charge in [-0.2, -0.15) is 0 Å². The Bertz CT molecular complexity index is 1090. The fourth-order valence-corrected chi connectivity index (χ4v) is 3.86. The number of pyridine rings is 2. The summed E-state index contributed by atoms with van der Waals surface area (Å²) < 4.78 is 1.84. The summed E-state index contributed by atoms with van der Waals surface area (Å²) >= 11 is 1.66. The van der Waals surface area contributed by atoms with Crippen LogP contribution in [0.3, 0.4) is 0 Å². The van der Waals surface area contributed by atoms with E-state index in [1.54, 1.807) is 36.1 Å². The molecular weight excluding hydrogens is 358 g/mol. The minimum absolute atomic E-state index is 0.0755. The molecule has 0 fully saturated rings. The predicted octanol–water partition coefficient (Wildman–Crippen LogP) is 3.58. The normalized spacial score (nSPS) is 11.0. The van der Waals surface area contributed by atoms with Crippen molar-refractivity contribution in [1.82, 2.24) is 24.4 Å². The van der Waals surface area contributed by atoms with Crippen LogP contribution in [-0.4, -0.2) is 30.3 Å². The largest absolute Gasteiger partial charge is 0.328 e. The molecule has 0 aliphatic carbocycles. The average Bonchev–Trinajstić information content (AvgIpc) is 3.27. The van der Waals surface area contributed by atoms with Crippen molar-refractivity contribution in [2.45, 2.75) is 20.0 Å². The van der Waals surface area contributed by atoms with E-state index in [-0.39, 0.29) is 5.91 Å².